The number of rotatable bonds is 8. The van der Waals surface area contributed by atoms with Crippen LogP contribution in [0.3, 0.4) is 0 Å². The van der Waals surface area contributed by atoms with E-state index >= 15 is 0 Å². The molecule has 0 aromatic rings. The summed E-state index contributed by atoms with van der Waals surface area (Å²) in [6.45, 7) is 4.29. The third kappa shape index (κ3) is 8.48. The molecule has 0 N–H and O–H groups in total. The van der Waals surface area contributed by atoms with Gasteiger partial charge in [0.05, 0.1) is 0 Å². The van der Waals surface area contributed by atoms with Gasteiger partial charge >= 0.3 is 5.24 Å². The Hall–Kier alpha value is -0.830. The Labute approximate surface area is 105 Å². The average Bonchev–Trinajstić information content (AvgIpc) is 2.26. The molecule has 3 heteroatoms. The molecule has 1 amide bonds. The Morgan fingerprint density at radius 3 is 1.81 bits per heavy atom. The van der Waals surface area contributed by atoms with Gasteiger partial charge in [0.25, 0.3) is 0 Å². The Kier molecular flexibility index (Phi) is 10.1. The first-order valence-corrected chi connectivity index (χ1v) is 6.45. The molecule has 0 bridgehead atoms. The molecule has 91 valence electrons. The lowest BCUT2D eigenvalue weighted by Gasteiger charge is -2.08. The molecule has 0 rings (SSSR count). The first kappa shape index (κ1) is 15.2. The van der Waals surface area contributed by atoms with E-state index in [1.165, 1.54) is 17.7 Å². The minimum Gasteiger partial charge on any atom is -0.282 e. The second kappa shape index (κ2) is 10.7. The predicted molar refractivity (Wildman–Crippen MR) is 72.2 cm³/mol. The van der Waals surface area contributed by atoms with E-state index in [1.54, 1.807) is 12.4 Å². The normalized spacial score (nSPS) is 11.4. The maximum absolute atomic E-state index is 11.1. The highest BCUT2D eigenvalue weighted by Crippen LogP contribution is 2.04. The molecule has 16 heavy (non-hydrogen) atoms. The maximum Gasteiger partial charge on any atom is 0.321 e. The van der Waals surface area contributed by atoms with E-state index < -0.39 is 0 Å². The Balaban J connectivity index is 4.01. The van der Waals surface area contributed by atoms with Crippen molar-refractivity contribution in [1.29, 1.82) is 0 Å². The van der Waals surface area contributed by atoms with Crippen LogP contribution in [-0.2, 0) is 0 Å². The van der Waals surface area contributed by atoms with Gasteiger partial charge in [0, 0.05) is 12.4 Å². The molecule has 0 saturated carbocycles. The number of hydrogen-bond donors (Lipinski definition) is 0. The summed E-state index contributed by atoms with van der Waals surface area (Å²) in [6, 6.07) is 0. The van der Waals surface area contributed by atoms with Crippen molar-refractivity contribution in [2.24, 2.45) is 0 Å². The molecule has 0 spiro atoms. The molecular weight excluding hydrogens is 218 g/mol. The SMILES string of the molecule is CCCCC=CN(C=CCCCC)C(=O)[S]. The molecule has 0 aliphatic rings. The van der Waals surface area contributed by atoms with Gasteiger partial charge < -0.3 is 0 Å². The van der Waals surface area contributed by atoms with Crippen molar-refractivity contribution in [3.63, 3.8) is 0 Å². The number of carbonyl (C=O) groups excluding carboxylic acids is 1. The summed E-state index contributed by atoms with van der Waals surface area (Å²) in [5.41, 5.74) is 0. The number of amides is 1. The van der Waals surface area contributed by atoms with E-state index in [0.717, 1.165) is 25.7 Å². The van der Waals surface area contributed by atoms with Crippen molar-refractivity contribution in [2.45, 2.75) is 52.4 Å². The fraction of sp³-hybridized carbons (Fsp3) is 0.615. The molecule has 0 saturated heterocycles. The number of nitrogens with zero attached hydrogens (tertiary/aromatic N) is 1. The molecule has 0 aromatic heterocycles. The summed E-state index contributed by atoms with van der Waals surface area (Å²) in [4.78, 5) is 12.6. The fourth-order valence-corrected chi connectivity index (χ4v) is 1.31. The molecule has 0 fully saturated rings. The molecule has 0 atom stereocenters. The quantitative estimate of drug-likeness (QED) is 0.546. The second-order valence-electron chi connectivity index (χ2n) is 3.73. The van der Waals surface area contributed by atoms with E-state index in [1.807, 2.05) is 12.2 Å². The molecule has 0 unspecified atom stereocenters. The molecule has 0 aromatic carbocycles. The largest absolute Gasteiger partial charge is 0.321 e. The van der Waals surface area contributed by atoms with Crippen LogP contribution < -0.4 is 0 Å². The lowest BCUT2D eigenvalue weighted by atomic mass is 10.2. The lowest BCUT2D eigenvalue weighted by molar-refractivity contribution is 0.249. The number of hydrogen-bond acceptors (Lipinski definition) is 1. The first-order valence-electron chi connectivity index (χ1n) is 6.05. The van der Waals surface area contributed by atoms with Crippen LogP contribution in [0.5, 0.6) is 0 Å². The average molecular weight is 240 g/mol. The summed E-state index contributed by atoms with van der Waals surface area (Å²) in [6.07, 6.45) is 14.2. The van der Waals surface area contributed by atoms with Crippen molar-refractivity contribution in [3.05, 3.63) is 24.6 Å². The van der Waals surface area contributed by atoms with E-state index in [-0.39, 0.29) is 5.24 Å². The third-order valence-electron chi connectivity index (χ3n) is 2.19. The minimum absolute atomic E-state index is 0.347. The summed E-state index contributed by atoms with van der Waals surface area (Å²) in [7, 11) is 0. The zero-order valence-electron chi connectivity index (χ0n) is 10.3. The van der Waals surface area contributed by atoms with E-state index in [9.17, 15) is 4.79 Å². The van der Waals surface area contributed by atoms with Crippen molar-refractivity contribution in [2.75, 3.05) is 0 Å². The van der Waals surface area contributed by atoms with Crippen LogP contribution in [0.1, 0.15) is 52.4 Å². The third-order valence-corrected chi connectivity index (χ3v) is 2.40. The van der Waals surface area contributed by atoms with Gasteiger partial charge in [-0.05, 0) is 25.5 Å². The topological polar surface area (TPSA) is 20.3 Å². The van der Waals surface area contributed by atoms with Crippen molar-refractivity contribution < 1.29 is 4.79 Å². The molecule has 1 radical (unpaired) electrons. The smallest absolute Gasteiger partial charge is 0.282 e. The lowest BCUT2D eigenvalue weighted by Crippen LogP contribution is -2.11. The molecular formula is C13H22NOS. The molecule has 0 aliphatic carbocycles. The second-order valence-corrected chi connectivity index (χ2v) is 4.08. The Morgan fingerprint density at radius 2 is 1.50 bits per heavy atom. The highest BCUT2D eigenvalue weighted by Gasteiger charge is 2.01. The van der Waals surface area contributed by atoms with Crippen LogP contribution in [0.4, 0.5) is 4.79 Å². The monoisotopic (exact) mass is 240 g/mol. The van der Waals surface area contributed by atoms with Gasteiger partial charge in [-0.3, -0.25) is 9.69 Å². The zero-order chi connectivity index (χ0) is 12.2. The number of allylic oxidation sites excluding steroid dienone is 2. The van der Waals surface area contributed by atoms with E-state index in [4.69, 9.17) is 0 Å². The van der Waals surface area contributed by atoms with Crippen LogP contribution in [0.2, 0.25) is 0 Å². The van der Waals surface area contributed by atoms with Crippen LogP contribution in [0, 0.1) is 0 Å². The van der Waals surface area contributed by atoms with Crippen LogP contribution in [-0.4, -0.2) is 10.1 Å². The number of carbonyl (C=O) groups is 1. The summed E-state index contributed by atoms with van der Waals surface area (Å²) in [5.74, 6) is 0. The predicted octanol–water partition coefficient (Wildman–Crippen LogP) is 5.01. The van der Waals surface area contributed by atoms with Gasteiger partial charge in [0.2, 0.25) is 0 Å². The van der Waals surface area contributed by atoms with Gasteiger partial charge in [-0.25, -0.2) is 0 Å². The molecule has 0 aliphatic heterocycles. The van der Waals surface area contributed by atoms with Gasteiger partial charge in [-0.1, -0.05) is 51.7 Å². The summed E-state index contributed by atoms with van der Waals surface area (Å²) >= 11 is 4.64. The van der Waals surface area contributed by atoms with Gasteiger partial charge in [0.1, 0.15) is 0 Å². The van der Waals surface area contributed by atoms with Crippen molar-refractivity contribution >= 4 is 17.9 Å². The number of unbranched alkanes of at least 4 members (excludes halogenated alkanes) is 4. The van der Waals surface area contributed by atoms with Gasteiger partial charge in [-0.15, -0.1) is 0 Å². The standard InChI is InChI=1S/C13H22NOS/c1-3-5-7-9-11-14(13(15)16)12-10-8-6-4-2/h9-12H,3-8H2,1-2H3. The highest BCUT2D eigenvalue weighted by molar-refractivity contribution is 7.96. The Morgan fingerprint density at radius 1 is 1.06 bits per heavy atom. The molecule has 2 nitrogen and oxygen atoms in total. The summed E-state index contributed by atoms with van der Waals surface area (Å²) < 4.78 is 0. The zero-order valence-corrected chi connectivity index (χ0v) is 11.1. The van der Waals surface area contributed by atoms with Crippen molar-refractivity contribution in [1.82, 2.24) is 4.90 Å². The Bertz CT molecular complexity index is 218. The fourth-order valence-electron chi connectivity index (χ4n) is 1.19. The van der Waals surface area contributed by atoms with Crippen LogP contribution in [0.25, 0.3) is 0 Å². The van der Waals surface area contributed by atoms with E-state index in [2.05, 4.69) is 26.5 Å². The highest BCUT2D eigenvalue weighted by atomic mass is 32.1. The van der Waals surface area contributed by atoms with Crippen molar-refractivity contribution in [3.8, 4) is 0 Å². The maximum atomic E-state index is 11.1. The van der Waals surface area contributed by atoms with Gasteiger partial charge in [-0.2, -0.15) is 0 Å². The minimum atomic E-state index is -0.347. The van der Waals surface area contributed by atoms with Gasteiger partial charge in [0.15, 0.2) is 0 Å². The molecule has 0 heterocycles. The van der Waals surface area contributed by atoms with Crippen LogP contribution in [0.15, 0.2) is 24.6 Å². The van der Waals surface area contributed by atoms with E-state index in [0.29, 0.717) is 0 Å². The van der Waals surface area contributed by atoms with Crippen LogP contribution >= 0.6 is 12.6 Å². The first-order chi connectivity index (χ1) is 7.72. The summed E-state index contributed by atoms with van der Waals surface area (Å²) in [5, 5.41) is -0.347.